The zero-order valence-electron chi connectivity index (χ0n) is 16.8. The molecule has 28 heavy (non-hydrogen) atoms. The van der Waals surface area contributed by atoms with E-state index in [9.17, 15) is 9.90 Å². The van der Waals surface area contributed by atoms with Gasteiger partial charge in [-0.1, -0.05) is 30.3 Å². The van der Waals surface area contributed by atoms with Gasteiger partial charge in [0.2, 0.25) is 0 Å². The molecule has 0 amide bonds. The Hall–Kier alpha value is -1.91. The molecule has 0 bridgehead atoms. The highest BCUT2D eigenvalue weighted by Gasteiger charge is 2.33. The Bertz CT molecular complexity index is 903. The van der Waals surface area contributed by atoms with E-state index in [1.165, 1.54) is 53.1 Å². The highest BCUT2D eigenvalue weighted by molar-refractivity contribution is 7.12. The van der Waals surface area contributed by atoms with Gasteiger partial charge in [0, 0.05) is 16.3 Å². The van der Waals surface area contributed by atoms with Gasteiger partial charge in [0.05, 0.1) is 5.41 Å². The second kappa shape index (κ2) is 7.84. The maximum Gasteiger partial charge on any atom is 0.314 e. The van der Waals surface area contributed by atoms with Crippen molar-refractivity contribution in [3.05, 3.63) is 62.9 Å². The minimum Gasteiger partial charge on any atom is -0.481 e. The third-order valence-corrected chi connectivity index (χ3v) is 7.69. The summed E-state index contributed by atoms with van der Waals surface area (Å²) in [6.07, 6.45) is 8.07. The summed E-state index contributed by atoms with van der Waals surface area (Å²) in [6, 6.07) is 10.9. The first kappa shape index (κ1) is 19.4. The fraction of sp³-hybridized carbons (Fsp3) is 0.458. The van der Waals surface area contributed by atoms with Crippen molar-refractivity contribution in [2.45, 2.75) is 51.4 Å². The maximum atomic E-state index is 11.8. The predicted octanol–water partition coefficient (Wildman–Crippen LogP) is 5.13. The van der Waals surface area contributed by atoms with Crippen molar-refractivity contribution in [2.75, 3.05) is 19.6 Å². The van der Waals surface area contributed by atoms with E-state index in [0.717, 1.165) is 30.7 Å². The SMILES string of the molecule is CC(C)(C(=O)O)c1cc2c(s1)CCc1ccccc1C2=CCCN1CCCC1. The Kier molecular flexibility index (Phi) is 5.44. The molecule has 1 N–H and O–H groups in total. The molecule has 1 aromatic carbocycles. The number of thiophene rings is 1. The first-order chi connectivity index (χ1) is 13.5. The second-order valence-electron chi connectivity index (χ2n) is 8.49. The number of nitrogens with zero attached hydrogens (tertiary/aromatic N) is 1. The van der Waals surface area contributed by atoms with E-state index in [1.807, 2.05) is 13.8 Å². The van der Waals surface area contributed by atoms with Crippen LogP contribution in [0.1, 0.15) is 59.6 Å². The zero-order valence-corrected chi connectivity index (χ0v) is 17.6. The lowest BCUT2D eigenvalue weighted by Crippen LogP contribution is -2.27. The average molecular weight is 396 g/mol. The lowest BCUT2D eigenvalue weighted by molar-refractivity contribution is -0.142. The third kappa shape index (κ3) is 3.68. The van der Waals surface area contributed by atoms with E-state index >= 15 is 0 Å². The quantitative estimate of drug-likeness (QED) is 0.763. The Morgan fingerprint density at radius 3 is 2.68 bits per heavy atom. The van der Waals surface area contributed by atoms with Gasteiger partial charge in [-0.25, -0.2) is 0 Å². The van der Waals surface area contributed by atoms with E-state index in [1.54, 1.807) is 11.3 Å². The van der Waals surface area contributed by atoms with Crippen LogP contribution in [0.3, 0.4) is 0 Å². The van der Waals surface area contributed by atoms with Gasteiger partial charge in [-0.2, -0.15) is 0 Å². The molecule has 1 saturated heterocycles. The molecule has 1 aliphatic carbocycles. The number of hydrogen-bond acceptors (Lipinski definition) is 3. The van der Waals surface area contributed by atoms with Gasteiger partial charge in [0.15, 0.2) is 0 Å². The molecule has 2 heterocycles. The monoisotopic (exact) mass is 395 g/mol. The number of rotatable bonds is 5. The van der Waals surface area contributed by atoms with Gasteiger partial charge >= 0.3 is 5.97 Å². The molecule has 0 spiro atoms. The number of hydrogen-bond donors (Lipinski definition) is 1. The van der Waals surface area contributed by atoms with Gasteiger partial charge in [-0.3, -0.25) is 4.79 Å². The van der Waals surface area contributed by atoms with E-state index in [-0.39, 0.29) is 0 Å². The van der Waals surface area contributed by atoms with Gasteiger partial charge in [0.1, 0.15) is 0 Å². The van der Waals surface area contributed by atoms with Crippen molar-refractivity contribution in [3.63, 3.8) is 0 Å². The second-order valence-corrected chi connectivity index (χ2v) is 9.63. The van der Waals surface area contributed by atoms with E-state index < -0.39 is 11.4 Å². The Morgan fingerprint density at radius 1 is 1.18 bits per heavy atom. The number of carboxylic acid groups (broad SMARTS) is 1. The maximum absolute atomic E-state index is 11.8. The Balaban J connectivity index is 1.72. The van der Waals surface area contributed by atoms with Crippen LogP contribution in [0.25, 0.3) is 5.57 Å². The molecule has 2 aliphatic rings. The lowest BCUT2D eigenvalue weighted by Gasteiger charge is -2.17. The summed E-state index contributed by atoms with van der Waals surface area (Å²) in [5, 5.41) is 9.68. The first-order valence-electron chi connectivity index (χ1n) is 10.3. The van der Waals surface area contributed by atoms with Crippen molar-refractivity contribution < 1.29 is 9.90 Å². The van der Waals surface area contributed by atoms with Crippen LogP contribution in [0, 0.1) is 0 Å². The predicted molar refractivity (Wildman–Crippen MR) is 116 cm³/mol. The lowest BCUT2D eigenvalue weighted by atomic mass is 9.89. The van der Waals surface area contributed by atoms with Gasteiger partial charge in [0.25, 0.3) is 0 Å². The summed E-state index contributed by atoms with van der Waals surface area (Å²) < 4.78 is 0. The van der Waals surface area contributed by atoms with Crippen molar-refractivity contribution in [3.8, 4) is 0 Å². The normalized spacial score (nSPS) is 18.7. The van der Waals surface area contributed by atoms with Gasteiger partial charge in [-0.15, -0.1) is 11.3 Å². The molecule has 0 unspecified atom stereocenters. The van der Waals surface area contributed by atoms with Crippen molar-refractivity contribution in [1.29, 1.82) is 0 Å². The summed E-state index contributed by atoms with van der Waals surface area (Å²) >= 11 is 1.68. The number of likely N-dealkylation sites (tertiary alicyclic amines) is 1. The standard InChI is InChI=1S/C24H29NO2S/c1-24(2,23(26)27)22-16-20-19(10-7-15-25-13-5-6-14-25)18-9-4-3-8-17(18)11-12-21(20)28-22/h3-4,8-10,16H,5-7,11-15H2,1-2H3,(H,26,27). The Morgan fingerprint density at radius 2 is 1.93 bits per heavy atom. The summed E-state index contributed by atoms with van der Waals surface area (Å²) in [7, 11) is 0. The minimum atomic E-state index is -0.850. The van der Waals surface area contributed by atoms with Crippen LogP contribution < -0.4 is 0 Å². The summed E-state index contributed by atoms with van der Waals surface area (Å²) in [4.78, 5) is 16.6. The smallest absolute Gasteiger partial charge is 0.314 e. The van der Waals surface area contributed by atoms with Crippen LogP contribution in [0.15, 0.2) is 36.4 Å². The number of aliphatic carboxylic acids is 1. The first-order valence-corrected chi connectivity index (χ1v) is 11.2. The van der Waals surface area contributed by atoms with Crippen LogP contribution >= 0.6 is 11.3 Å². The van der Waals surface area contributed by atoms with Crippen molar-refractivity contribution in [1.82, 2.24) is 4.90 Å². The van der Waals surface area contributed by atoms with Crippen molar-refractivity contribution in [2.24, 2.45) is 0 Å². The largest absolute Gasteiger partial charge is 0.481 e. The molecular formula is C24H29NO2S. The van der Waals surface area contributed by atoms with Crippen LogP contribution in [0.4, 0.5) is 0 Å². The molecule has 4 heteroatoms. The fourth-order valence-electron chi connectivity index (χ4n) is 4.27. The number of carbonyl (C=O) groups is 1. The van der Waals surface area contributed by atoms with Gasteiger partial charge in [-0.05, 0) is 87.4 Å². The molecule has 1 aromatic heterocycles. The number of benzene rings is 1. The number of carboxylic acids is 1. The number of aryl methyl sites for hydroxylation is 2. The van der Waals surface area contributed by atoms with Crippen LogP contribution in [0.5, 0.6) is 0 Å². The van der Waals surface area contributed by atoms with E-state index in [4.69, 9.17) is 0 Å². The highest BCUT2D eigenvalue weighted by Crippen LogP contribution is 2.41. The molecule has 1 aliphatic heterocycles. The summed E-state index contributed by atoms with van der Waals surface area (Å²) in [5.41, 5.74) is 4.42. The Labute approximate surface area is 171 Å². The average Bonchev–Trinajstić information content (AvgIpc) is 3.32. The molecule has 3 nitrogen and oxygen atoms in total. The molecule has 4 rings (SSSR count). The summed E-state index contributed by atoms with van der Waals surface area (Å²) in [5.74, 6) is -0.760. The van der Waals surface area contributed by atoms with E-state index in [0.29, 0.717) is 0 Å². The minimum absolute atomic E-state index is 0.760. The fourth-order valence-corrected chi connectivity index (χ4v) is 5.54. The molecule has 0 radical (unpaired) electrons. The molecule has 148 valence electrons. The summed E-state index contributed by atoms with van der Waals surface area (Å²) in [6.45, 7) is 7.18. The van der Waals surface area contributed by atoms with Crippen LogP contribution in [-0.4, -0.2) is 35.6 Å². The molecule has 0 saturated carbocycles. The van der Waals surface area contributed by atoms with E-state index in [2.05, 4.69) is 41.3 Å². The highest BCUT2D eigenvalue weighted by atomic mass is 32.1. The molecule has 0 atom stereocenters. The number of fused-ring (bicyclic) bond motifs is 2. The molecular weight excluding hydrogens is 366 g/mol. The molecule has 1 fully saturated rings. The third-order valence-electron chi connectivity index (χ3n) is 6.17. The zero-order chi connectivity index (χ0) is 19.7. The van der Waals surface area contributed by atoms with Crippen LogP contribution in [-0.2, 0) is 23.1 Å². The van der Waals surface area contributed by atoms with Crippen LogP contribution in [0.2, 0.25) is 0 Å². The molecule has 2 aromatic rings. The topological polar surface area (TPSA) is 40.5 Å². The van der Waals surface area contributed by atoms with Gasteiger partial charge < -0.3 is 10.0 Å². The van der Waals surface area contributed by atoms with Crippen molar-refractivity contribution >= 4 is 22.9 Å².